The molecule has 37 heavy (non-hydrogen) atoms. The Bertz CT molecular complexity index is 845. The van der Waals surface area contributed by atoms with Crippen LogP contribution >= 0.6 is 0 Å². The van der Waals surface area contributed by atoms with Gasteiger partial charge in [0.2, 0.25) is 0 Å². The second-order valence-electron chi connectivity index (χ2n) is 14.2. The van der Waals surface area contributed by atoms with Gasteiger partial charge < -0.3 is 9.84 Å². The molecule has 8 atom stereocenters. The van der Waals surface area contributed by atoms with Crippen LogP contribution in [0.15, 0.2) is 11.6 Å². The normalized spacial score (nSPS) is 37.8. The summed E-state index contributed by atoms with van der Waals surface area (Å²) in [5.74, 6) is 4.11. The van der Waals surface area contributed by atoms with Crippen LogP contribution in [0.4, 0.5) is 0 Å². The molecule has 0 aromatic rings. The average molecular weight is 515 g/mol. The van der Waals surface area contributed by atoms with Crippen molar-refractivity contribution < 1.29 is 19.4 Å². The summed E-state index contributed by atoms with van der Waals surface area (Å²) in [6.45, 7) is 12.5. The second kappa shape index (κ2) is 11.8. The summed E-state index contributed by atoms with van der Waals surface area (Å²) in [5, 5.41) is 8.78. The van der Waals surface area contributed by atoms with Gasteiger partial charge in [-0.25, -0.2) is 0 Å². The molecule has 3 saturated carbocycles. The monoisotopic (exact) mass is 514 g/mol. The maximum absolute atomic E-state index is 12.4. The lowest BCUT2D eigenvalue weighted by atomic mass is 9.47. The molecule has 0 spiro atoms. The number of fused-ring (bicyclic) bond motifs is 5. The Morgan fingerprint density at radius 3 is 2.46 bits per heavy atom. The number of carboxylic acid groups (broad SMARTS) is 1. The molecule has 4 heteroatoms. The molecule has 0 heterocycles. The number of allylic oxidation sites excluding steroid dienone is 1. The number of aliphatic carboxylic acids is 1. The summed E-state index contributed by atoms with van der Waals surface area (Å²) in [7, 11) is 0. The smallest absolute Gasteiger partial charge is 0.306 e. The molecule has 0 aromatic heterocycles. The third kappa shape index (κ3) is 6.14. The minimum Gasteiger partial charge on any atom is -0.481 e. The maximum Gasteiger partial charge on any atom is 0.306 e. The van der Waals surface area contributed by atoms with Crippen LogP contribution in [-0.4, -0.2) is 23.1 Å². The van der Waals surface area contributed by atoms with Crippen molar-refractivity contribution in [2.45, 2.75) is 137 Å². The van der Waals surface area contributed by atoms with Crippen molar-refractivity contribution in [3.63, 3.8) is 0 Å². The van der Waals surface area contributed by atoms with Gasteiger partial charge in [-0.15, -0.1) is 0 Å². The number of rotatable bonds is 11. The number of carbonyl (C=O) groups excluding carboxylic acids is 1. The predicted molar refractivity (Wildman–Crippen MR) is 149 cm³/mol. The molecule has 4 aliphatic rings. The zero-order valence-electron chi connectivity index (χ0n) is 24.4. The molecule has 4 rings (SSSR count). The Hall–Kier alpha value is -1.32. The van der Waals surface area contributed by atoms with E-state index in [0.717, 1.165) is 54.8 Å². The maximum atomic E-state index is 12.4. The first-order chi connectivity index (χ1) is 17.5. The zero-order chi connectivity index (χ0) is 26.8. The van der Waals surface area contributed by atoms with Crippen LogP contribution in [0.25, 0.3) is 0 Å². The van der Waals surface area contributed by atoms with Gasteiger partial charge in [-0.2, -0.15) is 0 Å². The fraction of sp³-hybridized carbons (Fsp3) is 0.879. The molecule has 0 radical (unpaired) electrons. The largest absolute Gasteiger partial charge is 0.481 e. The molecule has 210 valence electrons. The highest BCUT2D eigenvalue weighted by molar-refractivity contribution is 5.70. The quantitative estimate of drug-likeness (QED) is 0.170. The number of hydrogen-bond donors (Lipinski definition) is 1. The Labute approximate surface area is 226 Å². The molecular weight excluding hydrogens is 460 g/mol. The number of hydrogen-bond acceptors (Lipinski definition) is 3. The van der Waals surface area contributed by atoms with E-state index in [0.29, 0.717) is 24.7 Å². The molecule has 4 unspecified atom stereocenters. The number of carbonyl (C=O) groups is 2. The third-order valence-corrected chi connectivity index (χ3v) is 11.6. The van der Waals surface area contributed by atoms with Gasteiger partial charge in [0.1, 0.15) is 6.10 Å². The van der Waals surface area contributed by atoms with Crippen molar-refractivity contribution >= 4 is 11.9 Å². The van der Waals surface area contributed by atoms with E-state index in [4.69, 9.17) is 9.84 Å². The van der Waals surface area contributed by atoms with Crippen molar-refractivity contribution in [3.8, 4) is 0 Å². The molecule has 1 N–H and O–H groups in total. The van der Waals surface area contributed by atoms with E-state index in [-0.39, 0.29) is 23.9 Å². The predicted octanol–water partition coefficient (Wildman–Crippen LogP) is 8.58. The zero-order valence-corrected chi connectivity index (χ0v) is 24.4. The van der Waals surface area contributed by atoms with Crippen LogP contribution in [0.3, 0.4) is 0 Å². The van der Waals surface area contributed by atoms with Crippen molar-refractivity contribution in [1.82, 2.24) is 0 Å². The highest BCUT2D eigenvalue weighted by Gasteiger charge is 2.59. The van der Waals surface area contributed by atoms with Gasteiger partial charge in [0, 0.05) is 19.3 Å². The van der Waals surface area contributed by atoms with Crippen LogP contribution < -0.4 is 0 Å². The number of ether oxygens (including phenoxy) is 1. The molecule has 0 bridgehead atoms. The molecular formula is C33H54O4. The van der Waals surface area contributed by atoms with Crippen LogP contribution in [-0.2, 0) is 14.3 Å². The van der Waals surface area contributed by atoms with E-state index in [1.807, 2.05) is 0 Å². The minimum atomic E-state index is -0.797. The molecule has 3 fully saturated rings. The van der Waals surface area contributed by atoms with Crippen molar-refractivity contribution in [2.75, 3.05) is 0 Å². The Balaban J connectivity index is 1.35. The molecule has 0 amide bonds. The fourth-order valence-corrected chi connectivity index (χ4v) is 9.54. The SMILES string of the molecule is CC(C)CCC[C@@H](C)[C@H]1CCC2C3CC=C4CC(OC(=O)CCCCC(=O)O)CC[C@]4(C)C3CC[C@@]21C. The van der Waals surface area contributed by atoms with E-state index in [1.165, 1.54) is 51.4 Å². The molecule has 0 saturated heterocycles. The average Bonchev–Trinajstić information content (AvgIpc) is 3.19. The lowest BCUT2D eigenvalue weighted by molar-refractivity contribution is -0.152. The molecule has 0 aliphatic heterocycles. The number of carboxylic acids is 1. The van der Waals surface area contributed by atoms with Gasteiger partial charge in [-0.05, 0) is 104 Å². The van der Waals surface area contributed by atoms with Crippen LogP contribution in [0, 0.1) is 46.3 Å². The highest BCUT2D eigenvalue weighted by Crippen LogP contribution is 2.67. The van der Waals surface area contributed by atoms with Gasteiger partial charge in [-0.1, -0.05) is 65.5 Å². The third-order valence-electron chi connectivity index (χ3n) is 11.6. The first-order valence-corrected chi connectivity index (χ1v) is 15.7. The minimum absolute atomic E-state index is 0.000690. The second-order valence-corrected chi connectivity index (χ2v) is 14.2. The van der Waals surface area contributed by atoms with Crippen molar-refractivity contribution in [3.05, 3.63) is 11.6 Å². The molecule has 4 nitrogen and oxygen atoms in total. The first kappa shape index (κ1) is 28.7. The molecule has 0 aromatic carbocycles. The summed E-state index contributed by atoms with van der Waals surface area (Å²) in [5.41, 5.74) is 2.35. The Morgan fingerprint density at radius 2 is 1.73 bits per heavy atom. The van der Waals surface area contributed by atoms with E-state index in [1.54, 1.807) is 5.57 Å². The summed E-state index contributed by atoms with van der Waals surface area (Å²) in [6, 6.07) is 0. The van der Waals surface area contributed by atoms with E-state index >= 15 is 0 Å². The Morgan fingerprint density at radius 1 is 0.973 bits per heavy atom. The number of esters is 1. The van der Waals surface area contributed by atoms with Gasteiger partial charge >= 0.3 is 11.9 Å². The van der Waals surface area contributed by atoms with Crippen LogP contribution in [0.5, 0.6) is 0 Å². The fourth-order valence-electron chi connectivity index (χ4n) is 9.54. The summed E-state index contributed by atoms with van der Waals surface area (Å²) >= 11 is 0. The lowest BCUT2D eigenvalue weighted by Gasteiger charge is -2.58. The topological polar surface area (TPSA) is 63.6 Å². The van der Waals surface area contributed by atoms with Crippen LogP contribution in [0.1, 0.15) is 131 Å². The van der Waals surface area contributed by atoms with Crippen molar-refractivity contribution in [2.24, 2.45) is 46.3 Å². The van der Waals surface area contributed by atoms with Gasteiger partial charge in [0.05, 0.1) is 0 Å². The molecule has 4 aliphatic carbocycles. The van der Waals surface area contributed by atoms with E-state index in [9.17, 15) is 9.59 Å². The van der Waals surface area contributed by atoms with Crippen molar-refractivity contribution in [1.29, 1.82) is 0 Å². The van der Waals surface area contributed by atoms with Gasteiger partial charge in [0.15, 0.2) is 0 Å². The number of unbranched alkanes of at least 4 members (excludes halogenated alkanes) is 1. The van der Waals surface area contributed by atoms with E-state index < -0.39 is 5.97 Å². The van der Waals surface area contributed by atoms with Crippen LogP contribution in [0.2, 0.25) is 0 Å². The summed E-state index contributed by atoms with van der Waals surface area (Å²) < 4.78 is 5.87. The lowest BCUT2D eigenvalue weighted by Crippen LogP contribution is -2.51. The summed E-state index contributed by atoms with van der Waals surface area (Å²) in [6.07, 6.45) is 18.2. The standard InChI is InChI=1S/C33H54O4/c1-22(2)9-8-10-23(3)27-15-16-28-26-14-13-24-21-25(37-31(36)12-7-6-11-30(34)35)17-19-32(24,4)29(26)18-20-33(27,28)5/h13,22-23,25-29H,6-12,14-21H2,1-5H3,(H,34,35)/t23-,25?,26?,27-,28?,29?,32+,33-/m1/s1. The Kier molecular flexibility index (Phi) is 9.17. The van der Waals surface area contributed by atoms with E-state index in [2.05, 4.69) is 40.7 Å². The van der Waals surface area contributed by atoms with Gasteiger partial charge in [0.25, 0.3) is 0 Å². The highest BCUT2D eigenvalue weighted by atomic mass is 16.5. The van der Waals surface area contributed by atoms with Gasteiger partial charge in [-0.3, -0.25) is 9.59 Å². The first-order valence-electron chi connectivity index (χ1n) is 15.7. The summed E-state index contributed by atoms with van der Waals surface area (Å²) in [4.78, 5) is 23.1.